The van der Waals surface area contributed by atoms with Crippen LogP contribution in [0.2, 0.25) is 0 Å². The van der Waals surface area contributed by atoms with E-state index in [-0.39, 0.29) is 10.8 Å². The molecule has 3 heteroatoms. The van der Waals surface area contributed by atoms with Crippen molar-refractivity contribution in [2.45, 2.75) is 58.9 Å². The summed E-state index contributed by atoms with van der Waals surface area (Å²) in [4.78, 5) is 0. The van der Waals surface area contributed by atoms with Crippen molar-refractivity contribution < 1.29 is 5.11 Å². The fraction of sp³-hybridized carbons (Fsp3) is 0.429. The summed E-state index contributed by atoms with van der Waals surface area (Å²) in [5.41, 5.74) is 10.5. The number of hydrogen-bond donors (Lipinski definition) is 3. The lowest BCUT2D eigenvalue weighted by atomic mass is 9.78. The lowest BCUT2D eigenvalue weighted by molar-refractivity contribution is 0.423. The first-order valence-electron chi connectivity index (χ1n) is 8.45. The van der Waals surface area contributed by atoms with Gasteiger partial charge in [0.05, 0.1) is 11.4 Å². The van der Waals surface area contributed by atoms with Crippen molar-refractivity contribution in [2.75, 3.05) is 11.1 Å². The number of nitrogens with two attached hydrogens (primary N) is 1. The molecule has 0 atom stereocenters. The molecule has 0 aromatic heterocycles. The maximum atomic E-state index is 10.8. The molecule has 0 amide bonds. The van der Waals surface area contributed by atoms with Crippen LogP contribution in [0.15, 0.2) is 36.4 Å². The zero-order valence-corrected chi connectivity index (χ0v) is 15.7. The zero-order chi connectivity index (χ0) is 18.1. The predicted molar refractivity (Wildman–Crippen MR) is 104 cm³/mol. The van der Waals surface area contributed by atoms with Crippen LogP contribution in [0.1, 0.15) is 58.2 Å². The predicted octanol–water partition coefficient (Wildman–Crippen LogP) is 5.18. The molecular formula is C21H30N2O. The van der Waals surface area contributed by atoms with Crippen molar-refractivity contribution in [3.05, 3.63) is 53.1 Å². The number of nitrogens with one attached hydrogen (secondary N) is 1. The third-order valence-electron chi connectivity index (χ3n) is 4.23. The van der Waals surface area contributed by atoms with Gasteiger partial charge in [-0.15, -0.1) is 0 Å². The maximum absolute atomic E-state index is 10.8. The Kier molecular flexibility index (Phi) is 4.84. The van der Waals surface area contributed by atoms with Crippen LogP contribution in [0, 0.1) is 0 Å². The van der Waals surface area contributed by atoms with E-state index in [4.69, 9.17) is 5.73 Å². The number of benzene rings is 2. The van der Waals surface area contributed by atoms with Crippen LogP contribution in [0.4, 0.5) is 11.4 Å². The average molecular weight is 326 g/mol. The van der Waals surface area contributed by atoms with E-state index in [1.807, 2.05) is 24.3 Å². The fourth-order valence-corrected chi connectivity index (χ4v) is 2.80. The molecule has 0 aliphatic heterocycles. The van der Waals surface area contributed by atoms with Crippen molar-refractivity contribution in [1.29, 1.82) is 0 Å². The van der Waals surface area contributed by atoms with Gasteiger partial charge in [-0.05, 0) is 51.8 Å². The molecule has 130 valence electrons. The average Bonchev–Trinajstić information content (AvgIpc) is 2.45. The normalized spacial score (nSPS) is 12.2. The zero-order valence-electron chi connectivity index (χ0n) is 15.7. The Bertz CT molecular complexity index is 686. The number of rotatable bonds is 3. The standard InChI is InChI=1S/C21H30N2O/c1-20(2,3)15-11-14(12-16(19(15)24)21(4,5)6)13-23-18-10-8-7-9-17(18)22/h7-12,23-24H,13,22H2,1-6H3. The van der Waals surface area contributed by atoms with E-state index in [2.05, 4.69) is 59.0 Å². The van der Waals surface area contributed by atoms with Gasteiger partial charge < -0.3 is 16.2 Å². The molecule has 0 heterocycles. The van der Waals surface area contributed by atoms with Gasteiger partial charge in [0.1, 0.15) is 5.75 Å². The van der Waals surface area contributed by atoms with Gasteiger partial charge in [-0.2, -0.15) is 0 Å². The second-order valence-electron chi connectivity index (χ2n) is 8.48. The van der Waals surface area contributed by atoms with Crippen LogP contribution in [0.25, 0.3) is 0 Å². The number of aromatic hydroxyl groups is 1. The van der Waals surface area contributed by atoms with E-state index in [0.717, 1.165) is 28.1 Å². The van der Waals surface area contributed by atoms with E-state index in [1.54, 1.807) is 0 Å². The quantitative estimate of drug-likeness (QED) is 0.681. The van der Waals surface area contributed by atoms with Gasteiger partial charge in [0.2, 0.25) is 0 Å². The molecule has 0 fully saturated rings. The Morgan fingerprint density at radius 2 is 1.42 bits per heavy atom. The van der Waals surface area contributed by atoms with Crippen molar-refractivity contribution in [3.63, 3.8) is 0 Å². The molecule has 0 aliphatic carbocycles. The Morgan fingerprint density at radius 3 is 1.88 bits per heavy atom. The number of para-hydroxylation sites is 2. The van der Waals surface area contributed by atoms with Gasteiger partial charge >= 0.3 is 0 Å². The fourth-order valence-electron chi connectivity index (χ4n) is 2.80. The van der Waals surface area contributed by atoms with E-state index in [0.29, 0.717) is 12.3 Å². The lowest BCUT2D eigenvalue weighted by Crippen LogP contribution is -2.18. The molecule has 24 heavy (non-hydrogen) atoms. The summed E-state index contributed by atoms with van der Waals surface area (Å²) in [7, 11) is 0. The molecule has 0 spiro atoms. The van der Waals surface area contributed by atoms with Crippen molar-refractivity contribution in [1.82, 2.24) is 0 Å². The summed E-state index contributed by atoms with van der Waals surface area (Å²) in [6.07, 6.45) is 0. The van der Waals surface area contributed by atoms with Crippen LogP contribution >= 0.6 is 0 Å². The topological polar surface area (TPSA) is 58.3 Å². The summed E-state index contributed by atoms with van der Waals surface area (Å²) in [5, 5.41) is 14.2. The number of phenolic OH excluding ortho intramolecular Hbond substituents is 1. The molecule has 0 radical (unpaired) electrons. The monoisotopic (exact) mass is 326 g/mol. The molecule has 0 saturated heterocycles. The summed E-state index contributed by atoms with van der Waals surface area (Å²) < 4.78 is 0. The highest BCUT2D eigenvalue weighted by Crippen LogP contribution is 2.39. The summed E-state index contributed by atoms with van der Waals surface area (Å²) in [6.45, 7) is 13.4. The third kappa shape index (κ3) is 4.02. The first-order chi connectivity index (χ1) is 11.0. The number of nitrogen functional groups attached to an aromatic ring is 1. The molecule has 2 aromatic carbocycles. The molecule has 3 nitrogen and oxygen atoms in total. The third-order valence-corrected chi connectivity index (χ3v) is 4.23. The Morgan fingerprint density at radius 1 is 0.917 bits per heavy atom. The minimum absolute atomic E-state index is 0.119. The van der Waals surface area contributed by atoms with E-state index in [9.17, 15) is 5.11 Å². The van der Waals surface area contributed by atoms with Crippen molar-refractivity contribution in [2.24, 2.45) is 0 Å². The molecule has 0 unspecified atom stereocenters. The Hall–Kier alpha value is -2.16. The summed E-state index contributed by atoms with van der Waals surface area (Å²) >= 11 is 0. The SMILES string of the molecule is CC(C)(C)c1cc(CNc2ccccc2N)cc(C(C)(C)C)c1O. The van der Waals surface area contributed by atoms with Gasteiger partial charge in [0.15, 0.2) is 0 Å². The molecule has 4 N–H and O–H groups in total. The number of phenols is 1. The van der Waals surface area contributed by atoms with Gasteiger partial charge in [0.25, 0.3) is 0 Å². The second-order valence-corrected chi connectivity index (χ2v) is 8.48. The molecule has 2 rings (SSSR count). The summed E-state index contributed by atoms with van der Waals surface area (Å²) in [6, 6.07) is 12.0. The van der Waals surface area contributed by atoms with E-state index < -0.39 is 0 Å². The number of anilines is 2. The largest absolute Gasteiger partial charge is 0.507 e. The first-order valence-corrected chi connectivity index (χ1v) is 8.45. The van der Waals surface area contributed by atoms with Crippen LogP contribution in [-0.2, 0) is 17.4 Å². The smallest absolute Gasteiger partial charge is 0.123 e. The van der Waals surface area contributed by atoms with Gasteiger partial charge in [-0.3, -0.25) is 0 Å². The molecular weight excluding hydrogens is 296 g/mol. The maximum Gasteiger partial charge on any atom is 0.123 e. The Balaban J connectivity index is 2.41. The molecule has 0 saturated carbocycles. The van der Waals surface area contributed by atoms with Gasteiger partial charge in [-0.25, -0.2) is 0 Å². The highest BCUT2D eigenvalue weighted by molar-refractivity contribution is 5.65. The van der Waals surface area contributed by atoms with E-state index >= 15 is 0 Å². The van der Waals surface area contributed by atoms with Crippen LogP contribution in [0.5, 0.6) is 5.75 Å². The summed E-state index contributed by atoms with van der Waals surface area (Å²) in [5.74, 6) is 0.415. The minimum atomic E-state index is -0.119. The minimum Gasteiger partial charge on any atom is -0.507 e. The van der Waals surface area contributed by atoms with Gasteiger partial charge in [-0.1, -0.05) is 53.7 Å². The number of hydrogen-bond acceptors (Lipinski definition) is 3. The molecule has 0 aliphatic rings. The van der Waals surface area contributed by atoms with Crippen molar-refractivity contribution in [3.8, 4) is 5.75 Å². The first kappa shape index (κ1) is 18.2. The Labute approximate surface area is 145 Å². The van der Waals surface area contributed by atoms with Crippen molar-refractivity contribution >= 4 is 11.4 Å². The molecule has 2 aromatic rings. The van der Waals surface area contributed by atoms with Crippen LogP contribution in [-0.4, -0.2) is 5.11 Å². The molecule has 0 bridgehead atoms. The van der Waals surface area contributed by atoms with E-state index in [1.165, 1.54) is 0 Å². The van der Waals surface area contributed by atoms with Crippen LogP contribution < -0.4 is 11.1 Å². The van der Waals surface area contributed by atoms with Gasteiger partial charge in [0, 0.05) is 6.54 Å². The van der Waals surface area contributed by atoms with Crippen LogP contribution in [0.3, 0.4) is 0 Å². The second kappa shape index (κ2) is 6.39. The lowest BCUT2D eigenvalue weighted by Gasteiger charge is -2.28. The highest BCUT2D eigenvalue weighted by Gasteiger charge is 2.26. The highest BCUT2D eigenvalue weighted by atomic mass is 16.3.